The molecule has 0 aromatic heterocycles. The van der Waals surface area contributed by atoms with Crippen molar-refractivity contribution in [1.29, 1.82) is 0 Å². The summed E-state index contributed by atoms with van der Waals surface area (Å²) in [5.74, 6) is 0.255. The van der Waals surface area contributed by atoms with Crippen LogP contribution in [0.25, 0.3) is 0 Å². The Bertz CT molecular complexity index is 67.7. The van der Waals surface area contributed by atoms with Gasteiger partial charge in [0.25, 0.3) is 0 Å². The lowest BCUT2D eigenvalue weighted by Crippen LogP contribution is -1.80. The van der Waals surface area contributed by atoms with Gasteiger partial charge in [0.1, 0.15) is 5.78 Å². The second kappa shape index (κ2) is 11.4. The summed E-state index contributed by atoms with van der Waals surface area (Å²) in [6.07, 6.45) is 2.70. The lowest BCUT2D eigenvalue weighted by atomic mass is 10.4. The fourth-order valence-corrected chi connectivity index (χ4v) is 0.158. The highest BCUT2D eigenvalue weighted by Gasteiger charge is 1.76. The van der Waals surface area contributed by atoms with Crippen molar-refractivity contribution >= 4 is 5.78 Å². The molecule has 0 radical (unpaired) electrons. The van der Waals surface area contributed by atoms with E-state index in [0.29, 0.717) is 13.0 Å². The molecule has 0 heterocycles. The van der Waals surface area contributed by atoms with E-state index in [2.05, 4.69) is 6.92 Å². The number of aliphatic hydroxyl groups is 1. The number of unbranched alkanes of at least 4 members (excludes halogenated alkanes) is 1. The minimum absolute atomic E-state index is 0.255. The van der Waals surface area contributed by atoms with Crippen molar-refractivity contribution < 1.29 is 9.90 Å². The van der Waals surface area contributed by atoms with Gasteiger partial charge in [0.05, 0.1) is 0 Å². The summed E-state index contributed by atoms with van der Waals surface area (Å²) < 4.78 is 0. The third-order valence-corrected chi connectivity index (χ3v) is 1.01. The van der Waals surface area contributed by atoms with Crippen molar-refractivity contribution in [2.75, 3.05) is 6.61 Å². The number of ketones is 1. The summed E-state index contributed by atoms with van der Waals surface area (Å²) in [6, 6.07) is 0. The smallest absolute Gasteiger partial charge is 0.129 e. The monoisotopic (exact) mass is 146 g/mol. The van der Waals surface area contributed by atoms with Gasteiger partial charge in [-0.3, -0.25) is 0 Å². The molecule has 0 aliphatic carbocycles. The maximum absolute atomic E-state index is 9.81. The van der Waals surface area contributed by atoms with Crippen molar-refractivity contribution in [2.24, 2.45) is 0 Å². The van der Waals surface area contributed by atoms with E-state index in [4.69, 9.17) is 5.11 Å². The summed E-state index contributed by atoms with van der Waals surface area (Å²) in [6.45, 7) is 5.83. The highest BCUT2D eigenvalue weighted by Crippen LogP contribution is 1.78. The zero-order chi connectivity index (χ0) is 8.41. The third kappa shape index (κ3) is 25.5. The molecule has 0 aliphatic rings. The molecule has 0 fully saturated rings. The van der Waals surface area contributed by atoms with Gasteiger partial charge in [-0.15, -0.1) is 0 Å². The van der Waals surface area contributed by atoms with Crippen LogP contribution in [0.4, 0.5) is 0 Å². The van der Waals surface area contributed by atoms with Gasteiger partial charge in [0, 0.05) is 13.0 Å². The number of rotatable bonds is 3. The first-order valence-electron chi connectivity index (χ1n) is 3.79. The fraction of sp³-hybridized carbons (Fsp3) is 0.875. The molecule has 0 rings (SSSR count). The molecule has 0 atom stereocenters. The van der Waals surface area contributed by atoms with Crippen molar-refractivity contribution in [3.05, 3.63) is 0 Å². The van der Waals surface area contributed by atoms with E-state index in [-0.39, 0.29) is 5.78 Å². The van der Waals surface area contributed by atoms with Gasteiger partial charge < -0.3 is 9.90 Å². The van der Waals surface area contributed by atoms with Crippen molar-refractivity contribution in [3.63, 3.8) is 0 Å². The van der Waals surface area contributed by atoms with Crippen molar-refractivity contribution in [1.82, 2.24) is 0 Å². The van der Waals surface area contributed by atoms with Crippen LogP contribution in [0.5, 0.6) is 0 Å². The van der Waals surface area contributed by atoms with Gasteiger partial charge in [-0.05, 0) is 13.3 Å². The minimum atomic E-state index is 0.255. The molecule has 0 aliphatic heterocycles. The molecule has 0 unspecified atom stereocenters. The molecule has 10 heavy (non-hydrogen) atoms. The Morgan fingerprint density at radius 1 is 1.40 bits per heavy atom. The summed E-state index contributed by atoms with van der Waals surface area (Å²) in [4.78, 5) is 9.81. The fourth-order valence-electron chi connectivity index (χ4n) is 0.158. The molecule has 0 bridgehead atoms. The van der Waals surface area contributed by atoms with E-state index in [0.717, 1.165) is 12.8 Å². The predicted octanol–water partition coefficient (Wildman–Crippen LogP) is 1.76. The molecular weight excluding hydrogens is 128 g/mol. The van der Waals surface area contributed by atoms with E-state index in [1.54, 1.807) is 6.92 Å². The average molecular weight is 146 g/mol. The highest BCUT2D eigenvalue weighted by atomic mass is 16.2. The number of hydrogen-bond donors (Lipinski definition) is 1. The number of aliphatic hydroxyl groups excluding tert-OH is 1. The molecule has 0 saturated carbocycles. The summed E-state index contributed by atoms with van der Waals surface area (Å²) in [5, 5.41) is 8.07. The standard InChI is InChI=1S/C4H8O.C4H10O/c1-3-4(2)5;1-2-3-4-5/h3H2,1-2H3;5H,2-4H2,1H3. The molecule has 2 nitrogen and oxygen atoms in total. The van der Waals surface area contributed by atoms with Crippen LogP contribution in [0.1, 0.15) is 40.0 Å². The van der Waals surface area contributed by atoms with E-state index < -0.39 is 0 Å². The van der Waals surface area contributed by atoms with Crippen LogP contribution in [0.3, 0.4) is 0 Å². The third-order valence-electron chi connectivity index (χ3n) is 1.01. The van der Waals surface area contributed by atoms with Crippen LogP contribution in [-0.2, 0) is 4.79 Å². The number of Topliss-reactive ketones (excluding diaryl/α,β-unsaturated/α-hetero) is 1. The SMILES string of the molecule is CCC(C)=O.CCCCO. The van der Waals surface area contributed by atoms with E-state index in [1.165, 1.54) is 0 Å². The van der Waals surface area contributed by atoms with Gasteiger partial charge in [-0.25, -0.2) is 0 Å². The van der Waals surface area contributed by atoms with E-state index in [1.807, 2.05) is 6.92 Å². The topological polar surface area (TPSA) is 37.3 Å². The Balaban J connectivity index is 0. The minimum Gasteiger partial charge on any atom is -0.396 e. The molecule has 0 aromatic rings. The van der Waals surface area contributed by atoms with Crippen LogP contribution in [-0.4, -0.2) is 17.5 Å². The second-order valence-corrected chi connectivity index (χ2v) is 2.13. The van der Waals surface area contributed by atoms with E-state index in [9.17, 15) is 4.79 Å². The molecule has 62 valence electrons. The number of hydrogen-bond acceptors (Lipinski definition) is 2. The Kier molecular flexibility index (Phi) is 14.1. The van der Waals surface area contributed by atoms with Gasteiger partial charge in [0.2, 0.25) is 0 Å². The predicted molar refractivity (Wildman–Crippen MR) is 43.0 cm³/mol. The number of carbonyl (C=O) groups is 1. The summed E-state index contributed by atoms with van der Waals surface area (Å²) in [7, 11) is 0. The maximum atomic E-state index is 9.81. The maximum Gasteiger partial charge on any atom is 0.129 e. The lowest BCUT2D eigenvalue weighted by molar-refractivity contribution is -0.116. The molecule has 2 heteroatoms. The van der Waals surface area contributed by atoms with Gasteiger partial charge in [0.15, 0.2) is 0 Å². The zero-order valence-electron chi connectivity index (χ0n) is 7.18. The molecule has 0 saturated heterocycles. The van der Waals surface area contributed by atoms with Gasteiger partial charge >= 0.3 is 0 Å². The average Bonchev–Trinajstić information content (AvgIpc) is 1.91. The Morgan fingerprint density at radius 3 is 1.80 bits per heavy atom. The Hall–Kier alpha value is -0.370. The van der Waals surface area contributed by atoms with Crippen molar-refractivity contribution in [3.8, 4) is 0 Å². The Morgan fingerprint density at radius 2 is 1.80 bits per heavy atom. The largest absolute Gasteiger partial charge is 0.396 e. The van der Waals surface area contributed by atoms with Crippen LogP contribution < -0.4 is 0 Å². The highest BCUT2D eigenvalue weighted by molar-refractivity contribution is 5.74. The molecule has 1 N–H and O–H groups in total. The molecule has 0 amide bonds. The Labute approximate surface area is 63.3 Å². The molecular formula is C8H18O2. The van der Waals surface area contributed by atoms with Crippen LogP contribution in [0.2, 0.25) is 0 Å². The molecule has 0 spiro atoms. The summed E-state index contributed by atoms with van der Waals surface area (Å²) in [5.41, 5.74) is 0. The first-order chi connectivity index (χ1) is 4.68. The quantitative estimate of drug-likeness (QED) is 0.658. The van der Waals surface area contributed by atoms with E-state index >= 15 is 0 Å². The number of carbonyl (C=O) groups excluding carboxylic acids is 1. The first-order valence-corrected chi connectivity index (χ1v) is 3.79. The van der Waals surface area contributed by atoms with Crippen LogP contribution in [0, 0.1) is 0 Å². The van der Waals surface area contributed by atoms with Gasteiger partial charge in [-0.2, -0.15) is 0 Å². The normalized spacial score (nSPS) is 8.00. The molecule has 0 aromatic carbocycles. The lowest BCUT2D eigenvalue weighted by Gasteiger charge is -1.79. The summed E-state index contributed by atoms with van der Waals surface area (Å²) >= 11 is 0. The van der Waals surface area contributed by atoms with Crippen LogP contribution in [0.15, 0.2) is 0 Å². The van der Waals surface area contributed by atoms with Gasteiger partial charge in [-0.1, -0.05) is 20.3 Å². The van der Waals surface area contributed by atoms with Crippen LogP contribution >= 0.6 is 0 Å². The zero-order valence-corrected chi connectivity index (χ0v) is 7.18. The second-order valence-electron chi connectivity index (χ2n) is 2.13. The first kappa shape index (κ1) is 12.3. The van der Waals surface area contributed by atoms with Crippen molar-refractivity contribution in [2.45, 2.75) is 40.0 Å².